The minimum Gasteiger partial charge on any atom is -0.389 e. The number of rotatable bonds is 4. The number of hydrogen-bond acceptors (Lipinski definition) is 3. The second kappa shape index (κ2) is 7.16. The Morgan fingerprint density at radius 1 is 1.33 bits per heavy atom. The van der Waals surface area contributed by atoms with Gasteiger partial charge in [0.25, 0.3) is 0 Å². The van der Waals surface area contributed by atoms with E-state index in [0.29, 0.717) is 17.4 Å². The van der Waals surface area contributed by atoms with Gasteiger partial charge in [0.2, 0.25) is 0 Å². The van der Waals surface area contributed by atoms with E-state index in [4.69, 9.17) is 0 Å². The molecule has 3 aliphatic carbocycles. The Labute approximate surface area is 163 Å². The normalized spacial score (nSPS) is 42.3. The fraction of sp³-hybridized carbons (Fsp3) is 0.667. The minimum atomic E-state index is -1.01. The molecule has 3 heteroatoms. The van der Waals surface area contributed by atoms with E-state index in [9.17, 15) is 14.7 Å². The largest absolute Gasteiger partial charge is 0.389 e. The second-order valence-electron chi connectivity index (χ2n) is 9.94. The van der Waals surface area contributed by atoms with Crippen LogP contribution >= 0.6 is 0 Å². The summed E-state index contributed by atoms with van der Waals surface area (Å²) >= 11 is 0. The number of carbonyl (C=O) groups excluding carboxylic acids is 2. The van der Waals surface area contributed by atoms with E-state index in [1.54, 1.807) is 6.92 Å². The van der Waals surface area contributed by atoms with Crippen LogP contribution in [0.1, 0.15) is 60.3 Å². The molecule has 2 fully saturated rings. The fourth-order valence-corrected chi connectivity index (χ4v) is 5.94. The van der Waals surface area contributed by atoms with Crippen LogP contribution in [0, 0.1) is 35.0 Å². The lowest BCUT2D eigenvalue weighted by atomic mass is 9.68. The van der Waals surface area contributed by atoms with Crippen molar-refractivity contribution in [1.82, 2.24) is 0 Å². The number of carbonyl (C=O) groups is 2. The molecule has 0 aromatic carbocycles. The molecule has 0 spiro atoms. The first-order valence-corrected chi connectivity index (χ1v) is 10.3. The highest BCUT2D eigenvalue weighted by atomic mass is 16.3. The summed E-state index contributed by atoms with van der Waals surface area (Å²) in [6, 6.07) is 0. The van der Waals surface area contributed by atoms with E-state index >= 15 is 0 Å². The summed E-state index contributed by atoms with van der Waals surface area (Å²) in [6.07, 6.45) is 12.7. The van der Waals surface area contributed by atoms with Crippen molar-refractivity contribution < 1.29 is 14.7 Å². The van der Waals surface area contributed by atoms with Gasteiger partial charge in [0, 0.05) is 12.3 Å². The Balaban J connectivity index is 1.95. The first-order chi connectivity index (χ1) is 12.6. The molecule has 27 heavy (non-hydrogen) atoms. The van der Waals surface area contributed by atoms with Gasteiger partial charge < -0.3 is 5.11 Å². The molecular formula is C24H34O3. The molecule has 0 bridgehead atoms. The molecule has 3 rings (SSSR count). The van der Waals surface area contributed by atoms with Gasteiger partial charge in [0.1, 0.15) is 12.1 Å². The van der Waals surface area contributed by atoms with Crippen molar-refractivity contribution in [3.8, 4) is 0 Å². The zero-order chi connectivity index (χ0) is 20.0. The van der Waals surface area contributed by atoms with Crippen LogP contribution in [0.25, 0.3) is 0 Å². The van der Waals surface area contributed by atoms with Gasteiger partial charge in [-0.05, 0) is 68.8 Å². The Kier molecular flexibility index (Phi) is 5.37. The smallest absolute Gasteiger partial charge is 0.146 e. The summed E-state index contributed by atoms with van der Waals surface area (Å²) in [6.45, 7) is 10.5. The maximum absolute atomic E-state index is 12.6. The quantitative estimate of drug-likeness (QED) is 0.578. The fourth-order valence-electron chi connectivity index (χ4n) is 5.94. The molecule has 3 nitrogen and oxygen atoms in total. The molecule has 0 unspecified atom stereocenters. The highest BCUT2D eigenvalue weighted by Crippen LogP contribution is 2.59. The Morgan fingerprint density at radius 2 is 2.04 bits per heavy atom. The molecule has 0 heterocycles. The van der Waals surface area contributed by atoms with E-state index in [2.05, 4.69) is 52.0 Å². The van der Waals surface area contributed by atoms with E-state index in [1.165, 1.54) is 5.57 Å². The summed E-state index contributed by atoms with van der Waals surface area (Å²) in [5.41, 5.74) is 0.921. The van der Waals surface area contributed by atoms with Gasteiger partial charge in [0.15, 0.2) is 0 Å². The Hall–Kier alpha value is -1.48. The molecule has 0 aromatic rings. The zero-order valence-electron chi connectivity index (χ0n) is 17.4. The predicted octanol–water partition coefficient (Wildman–Crippen LogP) is 4.66. The number of Topliss-reactive ketones (excluding diaryl/α,β-unsaturated/α-hetero) is 1. The zero-order valence-corrected chi connectivity index (χ0v) is 17.4. The van der Waals surface area contributed by atoms with Crippen LogP contribution in [0.2, 0.25) is 0 Å². The van der Waals surface area contributed by atoms with E-state index < -0.39 is 11.5 Å². The van der Waals surface area contributed by atoms with Crippen LogP contribution in [0.3, 0.4) is 0 Å². The third kappa shape index (κ3) is 3.63. The molecule has 0 aliphatic heterocycles. The van der Waals surface area contributed by atoms with Crippen LogP contribution in [-0.2, 0) is 9.59 Å². The maximum atomic E-state index is 12.6. The molecule has 7 atom stereocenters. The minimum absolute atomic E-state index is 0.0278. The predicted molar refractivity (Wildman–Crippen MR) is 108 cm³/mol. The van der Waals surface area contributed by atoms with Crippen LogP contribution in [-0.4, -0.2) is 22.8 Å². The lowest BCUT2D eigenvalue weighted by Gasteiger charge is -2.37. The Bertz CT molecular complexity index is 707. The van der Waals surface area contributed by atoms with E-state index in [0.717, 1.165) is 25.5 Å². The summed E-state index contributed by atoms with van der Waals surface area (Å²) in [5, 5.41) is 10.9. The maximum Gasteiger partial charge on any atom is 0.146 e. The van der Waals surface area contributed by atoms with Gasteiger partial charge in [0.05, 0.1) is 11.5 Å². The number of hydrogen-bond donors (Lipinski definition) is 1. The Morgan fingerprint density at radius 3 is 2.67 bits per heavy atom. The number of aliphatic hydroxyl groups is 1. The lowest BCUT2D eigenvalue weighted by molar-refractivity contribution is -0.121. The topological polar surface area (TPSA) is 54.4 Å². The van der Waals surface area contributed by atoms with Crippen LogP contribution in [0.4, 0.5) is 0 Å². The third-order valence-electron chi connectivity index (χ3n) is 7.47. The third-order valence-corrected chi connectivity index (χ3v) is 7.47. The summed E-state index contributed by atoms with van der Waals surface area (Å²) in [7, 11) is 0. The van der Waals surface area contributed by atoms with Crippen molar-refractivity contribution in [3.63, 3.8) is 0 Å². The van der Waals surface area contributed by atoms with Gasteiger partial charge in [-0.25, -0.2) is 0 Å². The highest BCUT2D eigenvalue weighted by molar-refractivity contribution is 5.94. The first-order valence-electron chi connectivity index (χ1n) is 10.3. The summed E-state index contributed by atoms with van der Waals surface area (Å²) in [5.74, 6) is 0.610. The first kappa shape index (κ1) is 20.3. The number of allylic oxidation sites excluding steroid dienone is 6. The SMILES string of the molecule is CC(C)=C/C=C\[C@H](C)[C@H]1CC[C@]2(C)C[C@H]3[C@H](C(=O)C[C@@]3(C)O)C(C=O)=C[C@@H]12. The number of ketones is 1. The van der Waals surface area contributed by atoms with Gasteiger partial charge in [-0.3, -0.25) is 9.59 Å². The molecule has 0 saturated heterocycles. The molecule has 0 amide bonds. The van der Waals surface area contributed by atoms with Crippen molar-refractivity contribution >= 4 is 12.1 Å². The highest BCUT2D eigenvalue weighted by Gasteiger charge is 2.57. The second-order valence-corrected chi connectivity index (χ2v) is 9.94. The van der Waals surface area contributed by atoms with E-state index in [-0.39, 0.29) is 29.5 Å². The van der Waals surface area contributed by atoms with Gasteiger partial charge in [-0.2, -0.15) is 0 Å². The lowest BCUT2D eigenvalue weighted by Crippen LogP contribution is -2.36. The van der Waals surface area contributed by atoms with Gasteiger partial charge >= 0.3 is 0 Å². The summed E-state index contributed by atoms with van der Waals surface area (Å²) < 4.78 is 0. The molecule has 0 aromatic heterocycles. The van der Waals surface area contributed by atoms with Crippen molar-refractivity contribution in [2.75, 3.05) is 0 Å². The van der Waals surface area contributed by atoms with E-state index in [1.807, 2.05) is 0 Å². The average Bonchev–Trinajstić information content (AvgIpc) is 2.93. The molecule has 148 valence electrons. The molecule has 0 radical (unpaired) electrons. The monoisotopic (exact) mass is 370 g/mol. The summed E-state index contributed by atoms with van der Waals surface area (Å²) in [4.78, 5) is 24.5. The molecular weight excluding hydrogens is 336 g/mol. The van der Waals surface area contributed by atoms with Crippen LogP contribution < -0.4 is 0 Å². The average molecular weight is 371 g/mol. The number of aldehydes is 1. The van der Waals surface area contributed by atoms with Gasteiger partial charge in [-0.1, -0.05) is 43.7 Å². The molecule has 2 saturated carbocycles. The van der Waals surface area contributed by atoms with Crippen molar-refractivity contribution in [2.24, 2.45) is 35.0 Å². The molecule has 1 N–H and O–H groups in total. The van der Waals surface area contributed by atoms with Gasteiger partial charge in [-0.15, -0.1) is 0 Å². The number of fused-ring (bicyclic) bond motifs is 2. The standard InChI is InChI=1S/C24H34O3/c1-15(2)7-6-8-16(3)18-9-10-23(4)12-20-22(17(14-25)11-19(18)23)21(26)13-24(20,5)27/h6-8,11,14,16,18-20,22,27H,9-10,12-13H2,1-5H3/b8-6-/t16-,18+,19-,20-,22+,23+,24+/m0/s1. The van der Waals surface area contributed by atoms with Crippen molar-refractivity contribution in [3.05, 3.63) is 35.5 Å². The van der Waals surface area contributed by atoms with Crippen LogP contribution in [0.15, 0.2) is 35.5 Å². The van der Waals surface area contributed by atoms with Crippen molar-refractivity contribution in [2.45, 2.75) is 65.9 Å². The van der Waals surface area contributed by atoms with Crippen LogP contribution in [0.5, 0.6) is 0 Å². The van der Waals surface area contributed by atoms with Crippen molar-refractivity contribution in [1.29, 1.82) is 0 Å². The molecule has 3 aliphatic rings.